The van der Waals surface area contributed by atoms with Gasteiger partial charge in [-0.05, 0) is 44.4 Å². The number of hydrogen-bond donors (Lipinski definition) is 0. The average molecular weight is 244 g/mol. The van der Waals surface area contributed by atoms with Crippen LogP contribution in [0.2, 0.25) is 0 Å². The molecule has 0 saturated carbocycles. The molecule has 0 radical (unpaired) electrons. The van der Waals surface area contributed by atoms with Crippen molar-refractivity contribution in [3.8, 4) is 0 Å². The van der Waals surface area contributed by atoms with E-state index in [1.807, 2.05) is 0 Å². The van der Waals surface area contributed by atoms with Crippen LogP contribution >= 0.6 is 0 Å². The molecule has 0 unspecified atom stereocenters. The molecular weight excluding hydrogens is 220 g/mol. The van der Waals surface area contributed by atoms with Gasteiger partial charge in [0.2, 0.25) is 0 Å². The number of nitrogens with zero attached hydrogens (tertiary/aromatic N) is 2. The highest BCUT2D eigenvalue weighted by Gasteiger charge is 2.25. The third-order valence-electron chi connectivity index (χ3n) is 4.07. The van der Waals surface area contributed by atoms with Crippen LogP contribution in [0.15, 0.2) is 0 Å². The van der Waals surface area contributed by atoms with Crippen LogP contribution < -0.4 is 0 Å². The molecule has 18 heavy (non-hydrogen) atoms. The molecule has 0 fully saturated rings. The topological polar surface area (TPSA) is 17.8 Å². The largest absolute Gasteiger partial charge is 0.332 e. The number of rotatable bonds is 0. The Morgan fingerprint density at radius 1 is 0.889 bits per heavy atom. The Labute approximate surface area is 110 Å². The second kappa shape index (κ2) is 3.84. The first-order chi connectivity index (χ1) is 8.16. The van der Waals surface area contributed by atoms with E-state index in [0.717, 1.165) is 11.3 Å². The van der Waals surface area contributed by atoms with Crippen LogP contribution in [0.3, 0.4) is 0 Å². The van der Waals surface area contributed by atoms with Crippen LogP contribution in [0, 0.1) is 27.7 Å². The third kappa shape index (κ3) is 1.66. The van der Waals surface area contributed by atoms with Gasteiger partial charge in [0.15, 0.2) is 0 Å². The second-order valence-corrected chi connectivity index (χ2v) is 6.43. The summed E-state index contributed by atoms with van der Waals surface area (Å²) in [6, 6.07) is 0. The predicted octanol–water partition coefficient (Wildman–Crippen LogP) is 4.10. The molecule has 2 heteroatoms. The lowest BCUT2D eigenvalue weighted by Crippen LogP contribution is -2.17. The summed E-state index contributed by atoms with van der Waals surface area (Å²) in [6.07, 6.45) is 0. The van der Waals surface area contributed by atoms with Crippen LogP contribution in [-0.4, -0.2) is 9.55 Å². The summed E-state index contributed by atoms with van der Waals surface area (Å²) in [5, 5.41) is 1.34. The summed E-state index contributed by atoms with van der Waals surface area (Å²) < 4.78 is 2.27. The van der Waals surface area contributed by atoms with Gasteiger partial charge in [0.05, 0.1) is 0 Å². The van der Waals surface area contributed by atoms with Gasteiger partial charge in [0.1, 0.15) is 5.65 Å². The van der Waals surface area contributed by atoms with E-state index >= 15 is 0 Å². The molecule has 0 aliphatic rings. The van der Waals surface area contributed by atoms with Crippen molar-refractivity contribution >= 4 is 11.0 Å². The minimum absolute atomic E-state index is 0.147. The Morgan fingerprint density at radius 2 is 1.44 bits per heavy atom. The molecule has 0 spiro atoms. The highest BCUT2D eigenvalue weighted by molar-refractivity contribution is 5.87. The lowest BCUT2D eigenvalue weighted by Gasteiger charge is -2.21. The maximum absolute atomic E-state index is 4.79. The van der Waals surface area contributed by atoms with Gasteiger partial charge in [0, 0.05) is 29.2 Å². The normalized spacial score (nSPS) is 12.4. The maximum atomic E-state index is 4.79. The molecule has 0 aromatic carbocycles. The lowest BCUT2D eigenvalue weighted by atomic mass is 9.88. The molecule has 2 aromatic rings. The van der Waals surface area contributed by atoms with Crippen molar-refractivity contribution in [2.45, 2.75) is 53.9 Å². The smallest absolute Gasteiger partial charge is 0.140 e. The number of fused-ring (bicyclic) bond motifs is 1. The molecule has 98 valence electrons. The van der Waals surface area contributed by atoms with Gasteiger partial charge in [-0.2, -0.15) is 0 Å². The fourth-order valence-corrected chi connectivity index (χ4v) is 3.16. The molecule has 2 heterocycles. The van der Waals surface area contributed by atoms with Gasteiger partial charge in [0.25, 0.3) is 0 Å². The maximum Gasteiger partial charge on any atom is 0.140 e. The summed E-state index contributed by atoms with van der Waals surface area (Å²) in [4.78, 5) is 4.79. The van der Waals surface area contributed by atoms with Crippen molar-refractivity contribution in [3.63, 3.8) is 0 Å². The van der Waals surface area contributed by atoms with Crippen LogP contribution in [0.5, 0.6) is 0 Å². The fraction of sp³-hybridized carbons (Fsp3) is 0.562. The molecule has 0 saturated heterocycles. The van der Waals surface area contributed by atoms with Crippen LogP contribution in [0.1, 0.15) is 48.8 Å². The first kappa shape index (κ1) is 13.1. The Hall–Kier alpha value is -1.31. The molecule has 0 aliphatic carbocycles. The molecule has 2 rings (SSSR count). The van der Waals surface area contributed by atoms with Gasteiger partial charge < -0.3 is 4.57 Å². The van der Waals surface area contributed by atoms with E-state index in [9.17, 15) is 0 Å². The minimum Gasteiger partial charge on any atom is -0.332 e. The van der Waals surface area contributed by atoms with Crippen molar-refractivity contribution in [2.75, 3.05) is 0 Å². The van der Waals surface area contributed by atoms with Gasteiger partial charge in [-0.25, -0.2) is 4.98 Å². The van der Waals surface area contributed by atoms with Crippen molar-refractivity contribution < 1.29 is 0 Å². The zero-order valence-electron chi connectivity index (χ0n) is 12.9. The zero-order valence-corrected chi connectivity index (χ0v) is 12.9. The van der Waals surface area contributed by atoms with Crippen LogP contribution in [0.4, 0.5) is 0 Å². The summed E-state index contributed by atoms with van der Waals surface area (Å²) >= 11 is 0. The minimum atomic E-state index is 0.147. The summed E-state index contributed by atoms with van der Waals surface area (Å²) in [7, 11) is 2.14. The number of pyridine rings is 1. The zero-order chi connectivity index (χ0) is 13.8. The molecular formula is C16H24N2. The van der Waals surface area contributed by atoms with Crippen molar-refractivity contribution in [3.05, 3.63) is 28.1 Å². The Bertz CT molecular complexity index is 625. The average Bonchev–Trinajstić information content (AvgIpc) is 2.47. The first-order valence-corrected chi connectivity index (χ1v) is 6.59. The highest BCUT2D eigenvalue weighted by atomic mass is 15.0. The monoisotopic (exact) mass is 244 g/mol. The summed E-state index contributed by atoms with van der Waals surface area (Å²) in [5.74, 6) is 0. The van der Waals surface area contributed by atoms with Gasteiger partial charge in [-0.1, -0.05) is 20.8 Å². The van der Waals surface area contributed by atoms with E-state index in [-0.39, 0.29) is 5.41 Å². The standard InChI is InChI=1S/C16H24N2/c1-9-10(2)13-11(3)14(16(5,6)7)18(8)15(13)17-12(9)4/h1-8H3. The molecule has 0 bridgehead atoms. The molecule has 2 aromatic heterocycles. The quantitative estimate of drug-likeness (QED) is 0.682. The van der Waals surface area contributed by atoms with E-state index in [1.165, 1.54) is 27.8 Å². The summed E-state index contributed by atoms with van der Waals surface area (Å²) in [6.45, 7) is 15.5. The van der Waals surface area contributed by atoms with Gasteiger partial charge >= 0.3 is 0 Å². The van der Waals surface area contributed by atoms with Crippen molar-refractivity contribution in [1.29, 1.82) is 0 Å². The number of aromatic nitrogens is 2. The lowest BCUT2D eigenvalue weighted by molar-refractivity contribution is 0.542. The Kier molecular flexibility index (Phi) is 2.80. The first-order valence-electron chi connectivity index (χ1n) is 6.59. The SMILES string of the molecule is Cc1nc2c(c(C)c1C)c(C)c(C(C)(C)C)n2C. The van der Waals surface area contributed by atoms with E-state index in [2.05, 4.69) is 60.1 Å². The van der Waals surface area contributed by atoms with E-state index < -0.39 is 0 Å². The molecule has 0 N–H and O–H groups in total. The number of hydrogen-bond acceptors (Lipinski definition) is 1. The highest BCUT2D eigenvalue weighted by Crippen LogP contribution is 2.35. The van der Waals surface area contributed by atoms with Crippen LogP contribution in [0.25, 0.3) is 11.0 Å². The van der Waals surface area contributed by atoms with E-state index in [1.54, 1.807) is 0 Å². The molecule has 0 amide bonds. The predicted molar refractivity (Wildman–Crippen MR) is 78.4 cm³/mol. The van der Waals surface area contributed by atoms with Crippen molar-refractivity contribution in [1.82, 2.24) is 9.55 Å². The summed E-state index contributed by atoms with van der Waals surface area (Å²) in [5.41, 5.74) is 7.87. The fourth-order valence-electron chi connectivity index (χ4n) is 3.16. The molecule has 0 aliphatic heterocycles. The van der Waals surface area contributed by atoms with Crippen LogP contribution in [-0.2, 0) is 12.5 Å². The second-order valence-electron chi connectivity index (χ2n) is 6.43. The van der Waals surface area contributed by atoms with Gasteiger partial charge in [-0.15, -0.1) is 0 Å². The molecule has 0 atom stereocenters. The molecule has 2 nitrogen and oxygen atoms in total. The third-order valence-corrected chi connectivity index (χ3v) is 4.07. The van der Waals surface area contributed by atoms with E-state index in [0.29, 0.717) is 0 Å². The number of aryl methyl sites for hydroxylation is 4. The van der Waals surface area contributed by atoms with E-state index in [4.69, 9.17) is 4.98 Å². The van der Waals surface area contributed by atoms with Crippen molar-refractivity contribution in [2.24, 2.45) is 7.05 Å². The Balaban J connectivity index is 3.00. The Morgan fingerprint density at radius 3 is 1.94 bits per heavy atom. The van der Waals surface area contributed by atoms with Gasteiger partial charge in [-0.3, -0.25) is 0 Å².